The topological polar surface area (TPSA) is 42.2 Å². The molecular weight excluding hydrogens is 392 g/mol. The van der Waals surface area contributed by atoms with Gasteiger partial charge in [-0.1, -0.05) is 0 Å². The van der Waals surface area contributed by atoms with Crippen molar-refractivity contribution in [3.63, 3.8) is 0 Å². The van der Waals surface area contributed by atoms with Crippen molar-refractivity contribution in [1.82, 2.24) is 19.7 Å². The third-order valence-electron chi connectivity index (χ3n) is 2.67. The average molecular weight is 402 g/mol. The van der Waals surface area contributed by atoms with Crippen molar-refractivity contribution in [2.75, 3.05) is 0 Å². The Morgan fingerprint density at radius 1 is 1.21 bits per heavy atom. The van der Waals surface area contributed by atoms with Gasteiger partial charge in [0.25, 0.3) is 0 Å². The molecule has 0 radical (unpaired) electrons. The van der Waals surface area contributed by atoms with Crippen molar-refractivity contribution in [2.24, 2.45) is 0 Å². The van der Waals surface area contributed by atoms with Crippen molar-refractivity contribution in [3.8, 4) is 0 Å². The normalized spacial score (nSPS) is 11.3. The Bertz CT molecular complexity index is 707. The fourth-order valence-electron chi connectivity index (χ4n) is 1.81. The van der Waals surface area contributed by atoms with Gasteiger partial charge in [0, 0.05) is 34.0 Å². The second-order valence-electron chi connectivity index (χ2n) is 4.02. The summed E-state index contributed by atoms with van der Waals surface area (Å²) >= 11 is 8.58. The molecule has 0 saturated heterocycles. The molecule has 7 heteroatoms. The summed E-state index contributed by atoms with van der Waals surface area (Å²) in [6.45, 7) is 1.63. The van der Waals surface area contributed by atoms with Gasteiger partial charge in [0.1, 0.15) is 4.60 Å². The number of fused-ring (bicyclic) bond motifs is 1. The molecule has 98 valence electrons. The van der Waals surface area contributed by atoms with Gasteiger partial charge in [0.15, 0.2) is 5.65 Å². The molecule has 0 unspecified atom stereocenters. The number of imidazole rings is 1. The number of aromatic nitrogens is 3. The number of halogens is 2. The fraction of sp³-hybridized carbons (Fsp3) is 0.167. The van der Waals surface area contributed by atoms with Crippen molar-refractivity contribution in [3.05, 3.63) is 49.7 Å². The summed E-state index contributed by atoms with van der Waals surface area (Å²) in [6.07, 6.45) is 5.56. The van der Waals surface area contributed by atoms with Crippen molar-refractivity contribution >= 4 is 48.8 Å². The number of nitrogens with zero attached hydrogens (tertiary/aromatic N) is 3. The van der Waals surface area contributed by atoms with Crippen LogP contribution in [-0.4, -0.2) is 14.4 Å². The molecule has 0 atom stereocenters. The van der Waals surface area contributed by atoms with E-state index in [1.165, 1.54) is 4.88 Å². The van der Waals surface area contributed by atoms with E-state index in [0.29, 0.717) is 0 Å². The SMILES string of the molecule is Brc1csc(CNCc2cnc3cnc(Br)cn23)c1. The first-order chi connectivity index (χ1) is 9.22. The van der Waals surface area contributed by atoms with Crippen LogP contribution in [0.5, 0.6) is 0 Å². The van der Waals surface area contributed by atoms with E-state index in [9.17, 15) is 0 Å². The van der Waals surface area contributed by atoms with Gasteiger partial charge >= 0.3 is 0 Å². The minimum Gasteiger partial charge on any atom is -0.306 e. The lowest BCUT2D eigenvalue weighted by Crippen LogP contribution is -2.13. The van der Waals surface area contributed by atoms with E-state index >= 15 is 0 Å². The number of thiophene rings is 1. The summed E-state index contributed by atoms with van der Waals surface area (Å²) < 4.78 is 3.98. The summed E-state index contributed by atoms with van der Waals surface area (Å²) in [7, 11) is 0. The summed E-state index contributed by atoms with van der Waals surface area (Å²) in [4.78, 5) is 9.79. The van der Waals surface area contributed by atoms with Crippen LogP contribution in [0.2, 0.25) is 0 Å². The zero-order valence-electron chi connectivity index (χ0n) is 9.81. The van der Waals surface area contributed by atoms with E-state index in [1.54, 1.807) is 17.5 Å². The molecule has 0 saturated carbocycles. The van der Waals surface area contributed by atoms with E-state index < -0.39 is 0 Å². The summed E-state index contributed by atoms with van der Waals surface area (Å²) in [5, 5.41) is 5.51. The molecule has 0 amide bonds. The molecule has 3 aromatic rings. The molecule has 0 spiro atoms. The zero-order valence-corrected chi connectivity index (χ0v) is 13.8. The third kappa shape index (κ3) is 3.05. The molecule has 0 aliphatic rings. The van der Waals surface area contributed by atoms with Crippen LogP contribution in [0, 0.1) is 0 Å². The second kappa shape index (κ2) is 5.70. The Morgan fingerprint density at radius 2 is 2.11 bits per heavy atom. The maximum absolute atomic E-state index is 4.32. The highest BCUT2D eigenvalue weighted by atomic mass is 79.9. The van der Waals surface area contributed by atoms with Gasteiger partial charge in [-0.2, -0.15) is 0 Å². The van der Waals surface area contributed by atoms with Gasteiger partial charge in [0.05, 0.1) is 18.1 Å². The van der Waals surface area contributed by atoms with Crippen molar-refractivity contribution in [1.29, 1.82) is 0 Å². The molecular formula is C12H10Br2N4S. The zero-order chi connectivity index (χ0) is 13.2. The summed E-state index contributed by atoms with van der Waals surface area (Å²) in [6, 6.07) is 2.13. The fourth-order valence-corrected chi connectivity index (χ4v) is 3.53. The van der Waals surface area contributed by atoms with Crippen LogP contribution in [-0.2, 0) is 13.1 Å². The number of rotatable bonds is 4. The smallest absolute Gasteiger partial charge is 0.155 e. The van der Waals surface area contributed by atoms with Gasteiger partial charge < -0.3 is 5.32 Å². The molecule has 0 aromatic carbocycles. The monoisotopic (exact) mass is 400 g/mol. The maximum atomic E-state index is 4.32. The highest BCUT2D eigenvalue weighted by Crippen LogP contribution is 2.19. The number of hydrogen-bond donors (Lipinski definition) is 1. The second-order valence-corrected chi connectivity index (χ2v) is 6.75. The minimum atomic E-state index is 0.771. The first-order valence-electron chi connectivity index (χ1n) is 5.63. The van der Waals surface area contributed by atoms with Gasteiger partial charge in [0.2, 0.25) is 0 Å². The Balaban J connectivity index is 1.70. The van der Waals surface area contributed by atoms with Gasteiger partial charge in [-0.15, -0.1) is 11.3 Å². The molecule has 1 N–H and O–H groups in total. The lowest BCUT2D eigenvalue weighted by atomic mass is 10.4. The standard InChI is InChI=1S/C12H10Br2N4S/c13-8-1-10(19-7-8)4-15-2-9-3-17-12-5-16-11(14)6-18(9)12/h1,3,5-7,15H,2,4H2. The van der Waals surface area contributed by atoms with Crippen molar-refractivity contribution in [2.45, 2.75) is 13.1 Å². The van der Waals surface area contributed by atoms with Crippen LogP contribution in [0.3, 0.4) is 0 Å². The van der Waals surface area contributed by atoms with Crippen LogP contribution in [0.25, 0.3) is 5.65 Å². The highest BCUT2D eigenvalue weighted by molar-refractivity contribution is 9.10. The van der Waals surface area contributed by atoms with E-state index in [1.807, 2.05) is 16.8 Å². The van der Waals surface area contributed by atoms with Gasteiger partial charge in [-0.25, -0.2) is 9.97 Å². The molecule has 0 aliphatic heterocycles. The summed E-state index contributed by atoms with van der Waals surface area (Å²) in [5.74, 6) is 0. The molecule has 4 nitrogen and oxygen atoms in total. The first-order valence-corrected chi connectivity index (χ1v) is 8.10. The Labute approximate surface area is 131 Å². The third-order valence-corrected chi connectivity index (χ3v) is 4.78. The van der Waals surface area contributed by atoms with Crippen molar-refractivity contribution < 1.29 is 0 Å². The Kier molecular flexibility index (Phi) is 3.97. The van der Waals surface area contributed by atoms with Gasteiger partial charge in [-0.05, 0) is 37.9 Å². The lowest BCUT2D eigenvalue weighted by Gasteiger charge is -2.03. The lowest BCUT2D eigenvalue weighted by molar-refractivity contribution is 0.681. The van der Waals surface area contributed by atoms with E-state index in [0.717, 1.165) is 33.5 Å². The number of hydrogen-bond acceptors (Lipinski definition) is 4. The molecule has 0 bridgehead atoms. The Hall–Kier alpha value is -0.760. The predicted molar refractivity (Wildman–Crippen MR) is 83.2 cm³/mol. The average Bonchev–Trinajstić information content (AvgIpc) is 2.97. The largest absolute Gasteiger partial charge is 0.306 e. The van der Waals surface area contributed by atoms with Crippen LogP contribution < -0.4 is 5.32 Å². The van der Waals surface area contributed by atoms with Crippen LogP contribution in [0.15, 0.2) is 39.1 Å². The quantitative estimate of drug-likeness (QED) is 0.726. The predicted octanol–water partition coefficient (Wildman–Crippen LogP) is 3.61. The van der Waals surface area contributed by atoms with Crippen LogP contribution >= 0.6 is 43.2 Å². The summed E-state index contributed by atoms with van der Waals surface area (Å²) in [5.41, 5.74) is 1.98. The maximum Gasteiger partial charge on any atom is 0.155 e. The molecule has 0 aliphatic carbocycles. The molecule has 3 aromatic heterocycles. The molecule has 19 heavy (non-hydrogen) atoms. The first kappa shape index (κ1) is 13.2. The van der Waals surface area contributed by atoms with Crippen LogP contribution in [0.4, 0.5) is 0 Å². The Morgan fingerprint density at radius 3 is 2.89 bits per heavy atom. The number of nitrogens with one attached hydrogen (secondary N) is 1. The minimum absolute atomic E-state index is 0.771. The highest BCUT2D eigenvalue weighted by Gasteiger charge is 2.04. The molecule has 0 fully saturated rings. The van der Waals surface area contributed by atoms with E-state index in [2.05, 4.69) is 58.6 Å². The molecule has 3 rings (SSSR count). The van der Waals surface area contributed by atoms with Gasteiger partial charge in [-0.3, -0.25) is 4.40 Å². The van der Waals surface area contributed by atoms with Crippen LogP contribution in [0.1, 0.15) is 10.6 Å². The molecule has 3 heterocycles. The van der Waals surface area contributed by atoms with E-state index in [-0.39, 0.29) is 0 Å². The van der Waals surface area contributed by atoms with E-state index in [4.69, 9.17) is 0 Å².